The van der Waals surface area contributed by atoms with Crippen LogP contribution in [-0.2, 0) is 9.59 Å². The van der Waals surface area contributed by atoms with Gasteiger partial charge < -0.3 is 20.5 Å². The van der Waals surface area contributed by atoms with Crippen LogP contribution in [0.2, 0.25) is 5.02 Å². The van der Waals surface area contributed by atoms with Gasteiger partial charge in [0.25, 0.3) is 0 Å². The van der Waals surface area contributed by atoms with Crippen molar-refractivity contribution in [1.29, 1.82) is 0 Å². The number of carbonyl (C=O) groups excluding carboxylic acids is 2. The van der Waals surface area contributed by atoms with Crippen molar-refractivity contribution in [3.05, 3.63) is 17.2 Å². The Labute approximate surface area is 157 Å². The fourth-order valence-corrected chi connectivity index (χ4v) is 3.62. The van der Waals surface area contributed by atoms with E-state index in [0.29, 0.717) is 48.4 Å². The Morgan fingerprint density at radius 2 is 1.96 bits per heavy atom. The van der Waals surface area contributed by atoms with Gasteiger partial charge in [0, 0.05) is 31.5 Å². The quantitative estimate of drug-likeness (QED) is 0.813. The molecule has 0 spiro atoms. The zero-order valence-electron chi connectivity index (χ0n) is 14.6. The lowest BCUT2D eigenvalue weighted by atomic mass is 9.94. The van der Waals surface area contributed by atoms with Crippen molar-refractivity contribution in [2.24, 2.45) is 11.7 Å². The molecule has 1 saturated heterocycles. The van der Waals surface area contributed by atoms with Gasteiger partial charge in [0.2, 0.25) is 11.8 Å². The molecular weight excluding hydrogens is 358 g/mol. The van der Waals surface area contributed by atoms with Crippen LogP contribution in [0.1, 0.15) is 25.7 Å². The van der Waals surface area contributed by atoms with Crippen LogP contribution in [0.15, 0.2) is 12.1 Å². The molecule has 2 heterocycles. The fourth-order valence-electron chi connectivity index (χ4n) is 3.42. The van der Waals surface area contributed by atoms with E-state index in [1.807, 2.05) is 4.90 Å². The molecule has 3 rings (SSSR count). The molecule has 142 valence electrons. The Morgan fingerprint density at radius 1 is 1.23 bits per heavy atom. The van der Waals surface area contributed by atoms with E-state index >= 15 is 0 Å². The fraction of sp³-hybridized carbons (Fsp3) is 0.556. The lowest BCUT2D eigenvalue weighted by Crippen LogP contribution is -2.41. The van der Waals surface area contributed by atoms with Gasteiger partial charge in [0.1, 0.15) is 0 Å². The molecule has 8 heteroatoms. The van der Waals surface area contributed by atoms with Crippen LogP contribution >= 0.6 is 11.6 Å². The molecule has 1 aromatic rings. The van der Waals surface area contributed by atoms with Gasteiger partial charge in [-0.05, 0) is 25.3 Å². The number of carbonyl (C=O) groups is 2. The number of piperidine rings is 1. The maximum absolute atomic E-state index is 12.4. The predicted octanol–water partition coefficient (Wildman–Crippen LogP) is 2.03. The summed E-state index contributed by atoms with van der Waals surface area (Å²) >= 11 is 6.27. The predicted molar refractivity (Wildman–Crippen MR) is 98.7 cm³/mol. The van der Waals surface area contributed by atoms with Crippen molar-refractivity contribution >= 4 is 29.1 Å². The van der Waals surface area contributed by atoms with E-state index in [0.717, 1.165) is 25.8 Å². The molecule has 3 N–H and O–H groups in total. The number of nitrogens with one attached hydrogen (secondary N) is 1. The van der Waals surface area contributed by atoms with Crippen LogP contribution in [-0.4, -0.2) is 49.6 Å². The molecule has 26 heavy (non-hydrogen) atoms. The summed E-state index contributed by atoms with van der Waals surface area (Å²) in [5.74, 6) is 0.953. The summed E-state index contributed by atoms with van der Waals surface area (Å²) < 4.78 is 11.2. The molecule has 2 amide bonds. The third-order valence-corrected chi connectivity index (χ3v) is 4.88. The molecule has 1 unspecified atom stereocenters. The second kappa shape index (κ2) is 8.60. The molecule has 2 aliphatic rings. The first-order chi connectivity index (χ1) is 12.5. The Kier molecular flexibility index (Phi) is 6.21. The number of likely N-dealkylation sites (tertiary alicyclic amines) is 1. The van der Waals surface area contributed by atoms with Gasteiger partial charge in [0.15, 0.2) is 11.5 Å². The number of rotatable bonds is 5. The molecule has 0 aliphatic carbocycles. The van der Waals surface area contributed by atoms with Crippen molar-refractivity contribution in [2.75, 3.05) is 38.2 Å². The van der Waals surface area contributed by atoms with Crippen LogP contribution in [0, 0.1) is 5.92 Å². The maximum Gasteiger partial charge on any atom is 0.238 e. The van der Waals surface area contributed by atoms with E-state index in [-0.39, 0.29) is 24.3 Å². The largest absolute Gasteiger partial charge is 0.490 e. The van der Waals surface area contributed by atoms with E-state index in [1.54, 1.807) is 12.1 Å². The van der Waals surface area contributed by atoms with E-state index < -0.39 is 0 Å². The van der Waals surface area contributed by atoms with E-state index in [1.165, 1.54) is 0 Å². The molecule has 7 nitrogen and oxygen atoms in total. The average molecular weight is 382 g/mol. The van der Waals surface area contributed by atoms with Crippen molar-refractivity contribution in [1.82, 2.24) is 4.90 Å². The first-order valence-electron chi connectivity index (χ1n) is 8.91. The normalized spacial score (nSPS) is 20.3. The highest BCUT2D eigenvalue weighted by atomic mass is 35.5. The number of nitrogens with zero attached hydrogens (tertiary/aromatic N) is 1. The van der Waals surface area contributed by atoms with E-state index in [4.69, 9.17) is 26.8 Å². The van der Waals surface area contributed by atoms with Crippen LogP contribution in [0.5, 0.6) is 11.5 Å². The van der Waals surface area contributed by atoms with Gasteiger partial charge in [0.05, 0.1) is 30.5 Å². The number of fused-ring (bicyclic) bond motifs is 1. The molecule has 0 bridgehead atoms. The number of primary amides is 1. The Bertz CT molecular complexity index is 683. The maximum atomic E-state index is 12.4. The second-order valence-electron chi connectivity index (χ2n) is 6.79. The lowest BCUT2D eigenvalue weighted by molar-refractivity contribution is -0.119. The molecular formula is C18H24ClN3O4. The van der Waals surface area contributed by atoms with Crippen molar-refractivity contribution in [3.8, 4) is 11.5 Å². The summed E-state index contributed by atoms with van der Waals surface area (Å²) in [7, 11) is 0. The second-order valence-corrected chi connectivity index (χ2v) is 7.20. The van der Waals surface area contributed by atoms with Crippen LogP contribution in [0.25, 0.3) is 0 Å². The molecule has 1 atom stereocenters. The zero-order chi connectivity index (χ0) is 18.5. The molecule has 2 aliphatic heterocycles. The molecule has 1 aromatic carbocycles. The third-order valence-electron chi connectivity index (χ3n) is 4.57. The number of hydrogen-bond acceptors (Lipinski definition) is 5. The van der Waals surface area contributed by atoms with Gasteiger partial charge in [-0.2, -0.15) is 0 Å². The van der Waals surface area contributed by atoms with Crippen molar-refractivity contribution < 1.29 is 19.1 Å². The first kappa shape index (κ1) is 18.8. The van der Waals surface area contributed by atoms with Gasteiger partial charge >= 0.3 is 0 Å². The molecule has 0 aromatic heterocycles. The van der Waals surface area contributed by atoms with E-state index in [2.05, 4.69) is 5.32 Å². The van der Waals surface area contributed by atoms with Crippen LogP contribution in [0.3, 0.4) is 0 Å². The van der Waals surface area contributed by atoms with Crippen LogP contribution in [0.4, 0.5) is 5.69 Å². The van der Waals surface area contributed by atoms with Gasteiger partial charge in [-0.3, -0.25) is 14.5 Å². The number of amides is 2. The number of nitrogens with two attached hydrogens (primary N) is 1. The smallest absolute Gasteiger partial charge is 0.238 e. The van der Waals surface area contributed by atoms with Gasteiger partial charge in [-0.25, -0.2) is 0 Å². The summed E-state index contributed by atoms with van der Waals surface area (Å²) in [6.07, 6.45) is 3.09. The minimum Gasteiger partial charge on any atom is -0.490 e. The summed E-state index contributed by atoms with van der Waals surface area (Å²) in [5.41, 5.74) is 5.79. The number of hydrogen-bond donors (Lipinski definition) is 2. The summed E-state index contributed by atoms with van der Waals surface area (Å²) in [6, 6.07) is 3.37. The van der Waals surface area contributed by atoms with E-state index in [9.17, 15) is 9.59 Å². The Balaban J connectivity index is 1.59. The van der Waals surface area contributed by atoms with Crippen molar-refractivity contribution in [3.63, 3.8) is 0 Å². The third kappa shape index (κ3) is 5.02. The van der Waals surface area contributed by atoms with Gasteiger partial charge in [-0.1, -0.05) is 11.6 Å². The van der Waals surface area contributed by atoms with Crippen molar-refractivity contribution in [2.45, 2.75) is 25.7 Å². The SMILES string of the molecule is NC(=O)CC1CCCN(CC(=O)Nc2cc3c(cc2Cl)OCCCO3)C1. The molecule has 1 fully saturated rings. The lowest BCUT2D eigenvalue weighted by Gasteiger charge is -2.31. The number of benzene rings is 1. The minimum atomic E-state index is -0.291. The average Bonchev–Trinajstić information content (AvgIpc) is 2.79. The number of ether oxygens (including phenoxy) is 2. The Morgan fingerprint density at radius 3 is 2.69 bits per heavy atom. The monoisotopic (exact) mass is 381 g/mol. The summed E-state index contributed by atoms with van der Waals surface area (Å²) in [5, 5.41) is 3.25. The highest BCUT2D eigenvalue weighted by molar-refractivity contribution is 6.34. The van der Waals surface area contributed by atoms with Crippen LogP contribution < -0.4 is 20.5 Å². The Hall–Kier alpha value is -1.99. The minimum absolute atomic E-state index is 0.152. The first-order valence-corrected chi connectivity index (χ1v) is 9.28. The number of halogens is 1. The van der Waals surface area contributed by atoms with Gasteiger partial charge in [-0.15, -0.1) is 0 Å². The highest BCUT2D eigenvalue weighted by Crippen LogP contribution is 2.37. The summed E-state index contributed by atoms with van der Waals surface area (Å²) in [4.78, 5) is 25.6. The molecule has 0 saturated carbocycles. The topological polar surface area (TPSA) is 93.9 Å². The number of anilines is 1. The standard InChI is InChI=1S/C18H24ClN3O4/c19-13-8-15-16(26-6-2-5-25-15)9-14(13)21-18(24)11-22-4-1-3-12(10-22)7-17(20)23/h8-9,12H,1-7,10-11H2,(H2,20,23)(H,21,24). The highest BCUT2D eigenvalue weighted by Gasteiger charge is 2.23. The zero-order valence-corrected chi connectivity index (χ0v) is 15.4. The molecule has 0 radical (unpaired) electrons. The summed E-state index contributed by atoms with van der Waals surface area (Å²) in [6.45, 7) is 2.93.